The number of ether oxygens (including phenoxy) is 2. The normalized spacial score (nSPS) is 11.2. The van der Waals surface area contributed by atoms with Crippen molar-refractivity contribution >= 4 is 34.2 Å². The molecule has 3 heterocycles. The van der Waals surface area contributed by atoms with Crippen LogP contribution < -0.4 is 5.32 Å². The first-order valence-corrected chi connectivity index (χ1v) is 11.4. The molecular weight excluding hydrogens is 510 g/mol. The third-order valence-electron chi connectivity index (χ3n) is 4.78. The molecule has 1 amide bonds. The summed E-state index contributed by atoms with van der Waals surface area (Å²) < 4.78 is 68.3. The van der Waals surface area contributed by atoms with Crippen LogP contribution in [-0.4, -0.2) is 40.8 Å². The Morgan fingerprint density at radius 2 is 1.75 bits per heavy atom. The van der Waals surface area contributed by atoms with E-state index in [9.17, 15) is 31.9 Å². The Bertz CT molecular complexity index is 1270. The molecule has 0 spiro atoms. The molecule has 3 aromatic heterocycles. The molecule has 0 unspecified atom stereocenters. The van der Waals surface area contributed by atoms with Gasteiger partial charge in [0.15, 0.2) is 5.76 Å². The molecule has 0 aliphatic rings. The maximum Gasteiger partial charge on any atom is 0.348 e. The van der Waals surface area contributed by atoms with Gasteiger partial charge in [-0.3, -0.25) is 9.48 Å². The molecule has 0 saturated heterocycles. The van der Waals surface area contributed by atoms with E-state index in [1.54, 1.807) is 13.8 Å². The predicted octanol–water partition coefficient (Wildman–Crippen LogP) is 5.38. The fourth-order valence-corrected chi connectivity index (χ4v) is 4.28. The summed E-state index contributed by atoms with van der Waals surface area (Å²) in [6.07, 6.45) is -6.09. The Labute approximate surface area is 206 Å². The number of halogens is 4. The fraction of sp³-hybridized carbons (Fsp3) is 0.364. The van der Waals surface area contributed by atoms with Gasteiger partial charge in [-0.05, 0) is 44.5 Å². The van der Waals surface area contributed by atoms with E-state index >= 15 is 0 Å². The van der Waals surface area contributed by atoms with Gasteiger partial charge in [0.05, 0.1) is 25.3 Å². The first-order valence-electron chi connectivity index (χ1n) is 10.6. The second-order valence-corrected chi connectivity index (χ2v) is 8.20. The molecule has 194 valence electrons. The van der Waals surface area contributed by atoms with Crippen molar-refractivity contribution in [3.8, 4) is 0 Å². The number of esters is 2. The van der Waals surface area contributed by atoms with Crippen molar-refractivity contribution in [3.63, 3.8) is 0 Å². The number of rotatable bonds is 10. The first kappa shape index (κ1) is 26.9. The predicted molar refractivity (Wildman–Crippen MR) is 119 cm³/mol. The van der Waals surface area contributed by atoms with E-state index < -0.39 is 48.6 Å². The van der Waals surface area contributed by atoms with E-state index in [0.717, 1.165) is 11.3 Å². The summed E-state index contributed by atoms with van der Waals surface area (Å²) in [7, 11) is 0. The number of anilines is 1. The number of thiophene rings is 1. The van der Waals surface area contributed by atoms with Gasteiger partial charge in [-0.15, -0.1) is 11.3 Å². The van der Waals surface area contributed by atoms with E-state index in [1.807, 2.05) is 0 Å². The highest BCUT2D eigenvalue weighted by Gasteiger charge is 2.28. The zero-order chi connectivity index (χ0) is 26.6. The molecule has 0 radical (unpaired) electrons. The number of amides is 1. The lowest BCUT2D eigenvalue weighted by molar-refractivity contribution is 0.0527. The quantitative estimate of drug-likeness (QED) is 0.276. The number of nitrogens with one attached hydrogen (secondary N) is 1. The molecule has 0 aliphatic heterocycles. The summed E-state index contributed by atoms with van der Waals surface area (Å²) in [5.74, 6) is -2.52. The van der Waals surface area contributed by atoms with Crippen LogP contribution in [0.1, 0.15) is 80.0 Å². The van der Waals surface area contributed by atoms with Crippen LogP contribution in [0.4, 0.5) is 22.6 Å². The van der Waals surface area contributed by atoms with Crippen LogP contribution in [0, 0.1) is 6.92 Å². The smallest absolute Gasteiger partial charge is 0.348 e. The number of furan rings is 1. The summed E-state index contributed by atoms with van der Waals surface area (Å²) in [4.78, 5) is 37.6. The molecule has 1 N–H and O–H groups in total. The van der Waals surface area contributed by atoms with E-state index in [4.69, 9.17) is 13.9 Å². The Morgan fingerprint density at radius 1 is 1.08 bits per heavy atom. The largest absolute Gasteiger partial charge is 0.462 e. The van der Waals surface area contributed by atoms with Gasteiger partial charge in [-0.2, -0.15) is 5.10 Å². The zero-order valence-electron chi connectivity index (χ0n) is 19.3. The molecule has 0 aliphatic carbocycles. The van der Waals surface area contributed by atoms with Crippen LogP contribution in [0.25, 0.3) is 0 Å². The van der Waals surface area contributed by atoms with Crippen LogP contribution >= 0.6 is 11.3 Å². The van der Waals surface area contributed by atoms with Gasteiger partial charge in [0.25, 0.3) is 18.8 Å². The average molecular weight is 531 g/mol. The van der Waals surface area contributed by atoms with Crippen LogP contribution in [0.5, 0.6) is 0 Å². The lowest BCUT2D eigenvalue weighted by Crippen LogP contribution is -2.14. The maximum absolute atomic E-state index is 13.2. The number of hydrogen-bond donors (Lipinski definition) is 1. The van der Waals surface area contributed by atoms with Gasteiger partial charge in [0.1, 0.15) is 27.0 Å². The Balaban J connectivity index is 1.85. The summed E-state index contributed by atoms with van der Waals surface area (Å²) in [5.41, 5.74) is -1.30. The van der Waals surface area contributed by atoms with Crippen molar-refractivity contribution in [2.75, 3.05) is 18.5 Å². The van der Waals surface area contributed by atoms with E-state index in [2.05, 4.69) is 10.4 Å². The Hall–Kier alpha value is -3.68. The number of carbonyl (C=O) groups excluding carboxylic acids is 3. The molecule has 0 saturated carbocycles. The number of nitrogens with zero attached hydrogens (tertiary/aromatic N) is 2. The van der Waals surface area contributed by atoms with Crippen molar-refractivity contribution in [1.29, 1.82) is 0 Å². The molecule has 3 rings (SSSR count). The lowest BCUT2D eigenvalue weighted by atomic mass is 10.1. The van der Waals surface area contributed by atoms with Crippen molar-refractivity contribution in [1.82, 2.24) is 9.78 Å². The summed E-state index contributed by atoms with van der Waals surface area (Å²) in [5, 5.41) is 5.98. The molecular formula is C22H21F4N3O6S. The zero-order valence-corrected chi connectivity index (χ0v) is 20.1. The number of hydrogen-bond acceptors (Lipinski definition) is 8. The number of alkyl halides is 4. The molecule has 0 bridgehead atoms. The third kappa shape index (κ3) is 5.75. The van der Waals surface area contributed by atoms with E-state index in [0.29, 0.717) is 10.7 Å². The van der Waals surface area contributed by atoms with Crippen LogP contribution in [-0.2, 0) is 16.0 Å². The molecule has 9 nitrogen and oxygen atoms in total. The van der Waals surface area contributed by atoms with Gasteiger partial charge in [0.2, 0.25) is 0 Å². The summed E-state index contributed by atoms with van der Waals surface area (Å²) in [6.45, 7) is 4.44. The van der Waals surface area contributed by atoms with Gasteiger partial charge in [-0.25, -0.2) is 27.2 Å². The highest BCUT2D eigenvalue weighted by atomic mass is 32.1. The minimum atomic E-state index is -3.06. The van der Waals surface area contributed by atoms with Crippen molar-refractivity contribution in [2.24, 2.45) is 0 Å². The highest BCUT2D eigenvalue weighted by molar-refractivity contribution is 7.18. The van der Waals surface area contributed by atoms with Crippen LogP contribution in [0.2, 0.25) is 0 Å². The summed E-state index contributed by atoms with van der Waals surface area (Å²) >= 11 is 0.814. The average Bonchev–Trinajstić information content (AvgIpc) is 3.52. The van der Waals surface area contributed by atoms with Gasteiger partial charge < -0.3 is 19.2 Å². The number of carbonyl (C=O) groups is 3. The number of aromatic nitrogens is 2. The van der Waals surface area contributed by atoms with E-state index in [1.165, 1.54) is 19.1 Å². The monoisotopic (exact) mass is 531 g/mol. The highest BCUT2D eigenvalue weighted by Crippen LogP contribution is 2.35. The second-order valence-electron chi connectivity index (χ2n) is 7.17. The fourth-order valence-electron chi connectivity index (χ4n) is 3.20. The first-order chi connectivity index (χ1) is 17.1. The standard InChI is InChI=1S/C22H21F4N3O6S/c1-4-33-21(31)15-10(3)16(22(32)34-5-2)36-20(15)27-19(30)14-7-6-11(35-14)9-29-13(18(25)26)8-12(28-29)17(23)24/h6-8,17-18H,4-5,9H2,1-3H3,(H,27,30). The lowest BCUT2D eigenvalue weighted by Gasteiger charge is -2.06. The second kappa shape index (κ2) is 11.4. The van der Waals surface area contributed by atoms with Crippen molar-refractivity contribution < 1.29 is 45.8 Å². The van der Waals surface area contributed by atoms with Gasteiger partial charge in [-0.1, -0.05) is 0 Å². The van der Waals surface area contributed by atoms with Crippen LogP contribution in [0.3, 0.4) is 0 Å². The van der Waals surface area contributed by atoms with Crippen molar-refractivity contribution in [2.45, 2.75) is 40.2 Å². The maximum atomic E-state index is 13.2. The topological polar surface area (TPSA) is 113 Å². The van der Waals surface area contributed by atoms with Crippen molar-refractivity contribution in [3.05, 3.63) is 57.1 Å². The Morgan fingerprint density at radius 3 is 2.36 bits per heavy atom. The van der Waals surface area contributed by atoms with E-state index in [-0.39, 0.29) is 45.7 Å². The van der Waals surface area contributed by atoms with Crippen LogP contribution in [0.15, 0.2) is 22.6 Å². The minimum Gasteiger partial charge on any atom is -0.462 e. The summed E-state index contributed by atoms with van der Waals surface area (Å²) in [6, 6.07) is 3.13. The molecule has 3 aromatic rings. The SMILES string of the molecule is CCOC(=O)c1sc(NC(=O)c2ccc(Cn3nc(C(F)F)cc3C(F)F)o2)c(C(=O)OCC)c1C. The molecule has 36 heavy (non-hydrogen) atoms. The third-order valence-corrected chi connectivity index (χ3v) is 5.97. The molecule has 0 fully saturated rings. The Kier molecular flexibility index (Phi) is 8.50. The molecule has 0 aromatic carbocycles. The molecule has 14 heteroatoms. The molecule has 0 atom stereocenters. The van der Waals surface area contributed by atoms with Gasteiger partial charge >= 0.3 is 11.9 Å². The minimum absolute atomic E-state index is 0.00819. The van der Waals surface area contributed by atoms with Gasteiger partial charge in [0, 0.05) is 0 Å².